The number of aliphatic carboxylic acids is 1. The zero-order valence-electron chi connectivity index (χ0n) is 13.3. The van der Waals surface area contributed by atoms with Crippen molar-refractivity contribution in [3.63, 3.8) is 0 Å². The van der Waals surface area contributed by atoms with Crippen LogP contribution in [0.2, 0.25) is 0 Å². The summed E-state index contributed by atoms with van der Waals surface area (Å²) in [5.74, 6) is 1.19. The molecule has 0 unspecified atom stereocenters. The third kappa shape index (κ3) is 2.94. The van der Waals surface area contributed by atoms with Gasteiger partial charge in [0, 0.05) is 17.1 Å². The third-order valence-corrected chi connectivity index (χ3v) is 4.55. The zero-order valence-corrected chi connectivity index (χ0v) is 13.3. The molecule has 1 heterocycles. The Morgan fingerprint density at radius 3 is 2.91 bits per heavy atom. The van der Waals surface area contributed by atoms with Crippen LogP contribution in [0.4, 0.5) is 0 Å². The summed E-state index contributed by atoms with van der Waals surface area (Å²) in [6.07, 6.45) is 6.42. The summed E-state index contributed by atoms with van der Waals surface area (Å²) in [5.41, 5.74) is 3.54. The summed E-state index contributed by atoms with van der Waals surface area (Å²) >= 11 is 0. The second-order valence-corrected chi connectivity index (χ2v) is 7.02. The topological polar surface area (TPSA) is 46.5 Å². The van der Waals surface area contributed by atoms with Crippen LogP contribution in [0.25, 0.3) is 0 Å². The van der Waals surface area contributed by atoms with Crippen molar-refractivity contribution in [2.75, 3.05) is 6.61 Å². The van der Waals surface area contributed by atoms with E-state index in [1.54, 1.807) is 0 Å². The van der Waals surface area contributed by atoms with Crippen molar-refractivity contribution < 1.29 is 14.6 Å². The maximum Gasteiger partial charge on any atom is 0.328 e. The van der Waals surface area contributed by atoms with Crippen molar-refractivity contribution in [1.29, 1.82) is 0 Å². The third-order valence-electron chi connectivity index (χ3n) is 4.55. The van der Waals surface area contributed by atoms with E-state index < -0.39 is 5.97 Å². The van der Waals surface area contributed by atoms with Crippen LogP contribution in [-0.4, -0.2) is 17.7 Å². The van der Waals surface area contributed by atoms with Crippen LogP contribution >= 0.6 is 0 Å². The number of fused-ring (bicyclic) bond motifs is 1. The number of allylic oxidation sites excluding steroid dienone is 3. The minimum absolute atomic E-state index is 0.0897. The van der Waals surface area contributed by atoms with Crippen LogP contribution in [0.3, 0.4) is 0 Å². The van der Waals surface area contributed by atoms with Gasteiger partial charge in [-0.05, 0) is 42.4 Å². The Labute approximate surface area is 131 Å². The van der Waals surface area contributed by atoms with Gasteiger partial charge in [-0.25, -0.2) is 4.79 Å². The Hall–Kier alpha value is -2.03. The SMILES string of the molecule is CC(C=C[C@@H]1C[C@@H]1c1ccc2c(c1)C(C)(C)CO2)=CC(=O)O. The van der Waals surface area contributed by atoms with Crippen LogP contribution < -0.4 is 4.74 Å². The maximum absolute atomic E-state index is 10.6. The largest absolute Gasteiger partial charge is 0.492 e. The molecule has 1 aromatic carbocycles. The fourth-order valence-corrected chi connectivity index (χ4v) is 3.10. The molecular weight excluding hydrogens is 276 g/mol. The molecule has 0 amide bonds. The minimum atomic E-state index is -0.893. The van der Waals surface area contributed by atoms with Gasteiger partial charge in [0.05, 0.1) is 6.61 Å². The van der Waals surface area contributed by atoms with E-state index in [-0.39, 0.29) is 5.41 Å². The second kappa shape index (κ2) is 5.31. The number of hydrogen-bond donors (Lipinski definition) is 1. The predicted molar refractivity (Wildman–Crippen MR) is 86.3 cm³/mol. The van der Waals surface area contributed by atoms with Crippen molar-refractivity contribution in [2.45, 2.75) is 38.5 Å². The average Bonchev–Trinajstić information content (AvgIpc) is 3.15. The zero-order chi connectivity index (χ0) is 15.9. The predicted octanol–water partition coefficient (Wildman–Crippen LogP) is 4.05. The van der Waals surface area contributed by atoms with E-state index in [1.807, 2.05) is 13.0 Å². The van der Waals surface area contributed by atoms with E-state index in [0.29, 0.717) is 11.8 Å². The maximum atomic E-state index is 10.6. The van der Waals surface area contributed by atoms with E-state index in [0.717, 1.165) is 24.4 Å². The number of carbonyl (C=O) groups is 1. The van der Waals surface area contributed by atoms with Crippen LogP contribution in [0.15, 0.2) is 42.0 Å². The molecule has 0 saturated heterocycles. The summed E-state index contributed by atoms with van der Waals surface area (Å²) in [5, 5.41) is 8.71. The highest BCUT2D eigenvalue weighted by atomic mass is 16.5. The van der Waals surface area contributed by atoms with Gasteiger partial charge in [-0.1, -0.05) is 38.1 Å². The van der Waals surface area contributed by atoms with Crippen molar-refractivity contribution in [2.24, 2.45) is 5.92 Å². The molecule has 0 spiro atoms. The van der Waals surface area contributed by atoms with Crippen molar-refractivity contribution >= 4 is 5.97 Å². The molecule has 1 aliphatic heterocycles. The molecule has 1 aromatic rings. The highest BCUT2D eigenvalue weighted by Crippen LogP contribution is 2.50. The van der Waals surface area contributed by atoms with Crippen molar-refractivity contribution in [3.05, 3.63) is 53.1 Å². The Bertz CT molecular complexity index is 667. The summed E-state index contributed by atoms with van der Waals surface area (Å²) in [7, 11) is 0. The van der Waals surface area contributed by atoms with E-state index >= 15 is 0 Å². The standard InChI is InChI=1S/C19H22O3/c1-12(8-18(20)21)4-5-13-9-15(13)14-6-7-17-16(10-14)19(2,3)11-22-17/h4-8,10,13,15H,9,11H2,1-3H3,(H,20,21)/t13-,15+/m1/s1. The molecule has 3 heteroatoms. The van der Waals surface area contributed by atoms with Crippen LogP contribution in [0.1, 0.15) is 44.2 Å². The lowest BCUT2D eigenvalue weighted by Crippen LogP contribution is -2.18. The Morgan fingerprint density at radius 1 is 1.41 bits per heavy atom. The lowest BCUT2D eigenvalue weighted by Gasteiger charge is -2.15. The second-order valence-electron chi connectivity index (χ2n) is 7.02. The van der Waals surface area contributed by atoms with E-state index in [1.165, 1.54) is 17.2 Å². The van der Waals surface area contributed by atoms with Crippen LogP contribution in [-0.2, 0) is 10.2 Å². The monoisotopic (exact) mass is 298 g/mol. The average molecular weight is 298 g/mol. The highest BCUT2D eigenvalue weighted by Gasteiger charge is 2.38. The number of rotatable bonds is 4. The first-order valence-corrected chi connectivity index (χ1v) is 7.73. The fraction of sp³-hybridized carbons (Fsp3) is 0.421. The number of carboxylic acid groups (broad SMARTS) is 1. The Kier molecular flexibility index (Phi) is 3.59. The molecule has 3 nitrogen and oxygen atoms in total. The molecule has 0 bridgehead atoms. The molecule has 0 radical (unpaired) electrons. The molecule has 0 aromatic heterocycles. The molecule has 116 valence electrons. The summed E-state index contributed by atoms with van der Waals surface area (Å²) in [6, 6.07) is 6.55. The van der Waals surface area contributed by atoms with Crippen molar-refractivity contribution in [1.82, 2.24) is 0 Å². The Morgan fingerprint density at radius 2 is 2.18 bits per heavy atom. The number of ether oxygens (including phenoxy) is 1. The fourth-order valence-electron chi connectivity index (χ4n) is 3.10. The van der Waals surface area contributed by atoms with E-state index in [9.17, 15) is 4.79 Å². The van der Waals surface area contributed by atoms with Gasteiger partial charge in [-0.2, -0.15) is 0 Å². The lowest BCUT2D eigenvalue weighted by molar-refractivity contribution is -0.131. The summed E-state index contributed by atoms with van der Waals surface area (Å²) in [4.78, 5) is 10.6. The van der Waals surface area contributed by atoms with Gasteiger partial charge in [0.1, 0.15) is 5.75 Å². The molecule has 2 atom stereocenters. The van der Waals surface area contributed by atoms with E-state index in [4.69, 9.17) is 9.84 Å². The van der Waals surface area contributed by atoms with Crippen LogP contribution in [0.5, 0.6) is 5.75 Å². The molecule has 1 saturated carbocycles. The minimum Gasteiger partial charge on any atom is -0.492 e. The summed E-state index contributed by atoms with van der Waals surface area (Å²) in [6.45, 7) is 7.00. The van der Waals surface area contributed by atoms with Crippen molar-refractivity contribution in [3.8, 4) is 5.75 Å². The molecule has 3 rings (SSSR count). The molecular formula is C19H22O3. The van der Waals surface area contributed by atoms with Gasteiger partial charge in [0.15, 0.2) is 0 Å². The molecule has 1 N–H and O–H groups in total. The van der Waals surface area contributed by atoms with Gasteiger partial charge in [0.25, 0.3) is 0 Å². The molecule has 1 aliphatic carbocycles. The van der Waals surface area contributed by atoms with E-state index in [2.05, 4.69) is 38.1 Å². The molecule has 2 aliphatic rings. The smallest absolute Gasteiger partial charge is 0.328 e. The normalized spacial score (nSPS) is 25.9. The molecule has 22 heavy (non-hydrogen) atoms. The van der Waals surface area contributed by atoms with Gasteiger partial charge in [-0.15, -0.1) is 0 Å². The first-order chi connectivity index (χ1) is 10.4. The van der Waals surface area contributed by atoms with Gasteiger partial charge in [0.2, 0.25) is 0 Å². The summed E-state index contributed by atoms with van der Waals surface area (Å²) < 4.78 is 5.73. The van der Waals surface area contributed by atoms with Crippen LogP contribution in [0, 0.1) is 5.92 Å². The molecule has 1 fully saturated rings. The first-order valence-electron chi connectivity index (χ1n) is 7.73. The van der Waals surface area contributed by atoms with Gasteiger partial charge >= 0.3 is 5.97 Å². The lowest BCUT2D eigenvalue weighted by atomic mass is 9.85. The number of hydrogen-bond acceptors (Lipinski definition) is 2. The Balaban J connectivity index is 1.71. The number of carboxylic acids is 1. The first kappa shape index (κ1) is 14.9. The van der Waals surface area contributed by atoms with Gasteiger partial charge in [-0.3, -0.25) is 0 Å². The highest BCUT2D eigenvalue weighted by molar-refractivity contribution is 5.81. The van der Waals surface area contributed by atoms with Gasteiger partial charge < -0.3 is 9.84 Å². The number of benzene rings is 1. The quantitative estimate of drug-likeness (QED) is 0.674.